The van der Waals surface area contributed by atoms with Crippen LogP contribution in [-0.4, -0.2) is 0 Å². The Morgan fingerprint density at radius 3 is 1.84 bits per heavy atom. The smallest absolute Gasteiger partial charge is 0.00205 e. The fraction of sp³-hybridized carbons (Fsp3) is 0.125. The van der Waals surface area contributed by atoms with Crippen LogP contribution < -0.4 is 10.4 Å². The van der Waals surface area contributed by atoms with Crippen molar-refractivity contribution in [3.63, 3.8) is 0 Å². The third-order valence-corrected chi connectivity index (χ3v) is 6.48. The molecule has 0 N–H and O–H groups in total. The highest BCUT2D eigenvalue weighted by atomic mass is 14.2. The summed E-state index contributed by atoms with van der Waals surface area (Å²) in [5, 5.41) is 9.31. The quantitative estimate of drug-likeness (QED) is 0.276. The number of fused-ring (bicyclic) bond motifs is 2. The topological polar surface area (TPSA) is 0 Å². The highest BCUT2D eigenvalue weighted by Gasteiger charge is 2.14. The van der Waals surface area contributed by atoms with Crippen LogP contribution in [-0.2, 0) is 5.41 Å². The number of hydrogen-bond donors (Lipinski definition) is 0. The molecular formula is C32H28. The van der Waals surface area contributed by atoms with Crippen LogP contribution in [0.4, 0.5) is 0 Å². The van der Waals surface area contributed by atoms with E-state index in [1.807, 2.05) is 0 Å². The zero-order chi connectivity index (χ0) is 22.5. The van der Waals surface area contributed by atoms with Crippen molar-refractivity contribution in [2.75, 3.05) is 0 Å². The molecule has 0 bridgehead atoms. The first-order valence-electron chi connectivity index (χ1n) is 11.2. The van der Waals surface area contributed by atoms with E-state index in [-0.39, 0.29) is 5.41 Å². The maximum absolute atomic E-state index is 4.61. The fourth-order valence-corrected chi connectivity index (χ4v) is 4.70. The van der Waals surface area contributed by atoms with E-state index >= 15 is 0 Å². The Kier molecular flexibility index (Phi) is 4.75. The van der Waals surface area contributed by atoms with E-state index in [0.717, 1.165) is 10.4 Å². The van der Waals surface area contributed by atoms with Crippen LogP contribution in [0.3, 0.4) is 0 Å². The molecule has 0 atom stereocenters. The molecule has 0 fully saturated rings. The molecule has 0 aliphatic carbocycles. The monoisotopic (exact) mass is 412 g/mol. The van der Waals surface area contributed by atoms with E-state index in [1.54, 1.807) is 0 Å². The molecule has 5 aromatic rings. The minimum atomic E-state index is 0.131. The fourth-order valence-electron chi connectivity index (χ4n) is 4.70. The summed E-state index contributed by atoms with van der Waals surface area (Å²) in [6.45, 7) is 15.8. The van der Waals surface area contributed by atoms with E-state index in [4.69, 9.17) is 0 Å². The third-order valence-electron chi connectivity index (χ3n) is 6.48. The Morgan fingerprint density at radius 2 is 1.19 bits per heavy atom. The van der Waals surface area contributed by atoms with Gasteiger partial charge in [0.05, 0.1) is 0 Å². The molecule has 0 heteroatoms. The summed E-state index contributed by atoms with van der Waals surface area (Å²) >= 11 is 0. The molecule has 0 nitrogen and oxygen atoms in total. The average Bonchev–Trinajstić information content (AvgIpc) is 2.79. The summed E-state index contributed by atoms with van der Waals surface area (Å²) < 4.78 is 0. The molecule has 0 aliphatic heterocycles. The summed E-state index contributed by atoms with van der Waals surface area (Å²) in [6, 6.07) is 32.7. The molecule has 0 heterocycles. The lowest BCUT2D eigenvalue weighted by molar-refractivity contribution is 0.590. The Balaban J connectivity index is 1.99. The maximum atomic E-state index is 4.61. The van der Waals surface area contributed by atoms with Gasteiger partial charge < -0.3 is 0 Å². The average molecular weight is 413 g/mol. The first-order valence-corrected chi connectivity index (χ1v) is 11.2. The largest absolute Gasteiger partial charge is 0.0911 e. The predicted molar refractivity (Wildman–Crippen MR) is 140 cm³/mol. The van der Waals surface area contributed by atoms with Crippen molar-refractivity contribution in [1.29, 1.82) is 0 Å². The van der Waals surface area contributed by atoms with Gasteiger partial charge in [-0.3, -0.25) is 0 Å². The van der Waals surface area contributed by atoms with Crippen molar-refractivity contribution in [2.45, 2.75) is 26.2 Å². The molecule has 5 rings (SSSR count). The first kappa shape index (κ1) is 20.3. The molecule has 0 radical (unpaired) electrons. The van der Waals surface area contributed by atoms with E-state index in [2.05, 4.69) is 125 Å². The van der Waals surface area contributed by atoms with E-state index in [9.17, 15) is 0 Å². The predicted octanol–water partition coefficient (Wildman–Crippen LogP) is 7.07. The molecule has 0 aromatic heterocycles. The molecule has 0 aliphatic rings. The van der Waals surface area contributed by atoms with E-state index in [1.165, 1.54) is 48.7 Å². The summed E-state index contributed by atoms with van der Waals surface area (Å²) in [5.74, 6) is 0. The lowest BCUT2D eigenvalue weighted by atomic mass is 9.86. The lowest BCUT2D eigenvalue weighted by Crippen LogP contribution is -2.12. The standard InChI is InChI=1S/C32H28/c1-21-14-15-23-10-6-8-12-27(23)30(21)31-22(2)29(20-25-11-7-9-13-28(25)31)24-16-18-26(19-17-24)32(3,4)5/h6-20H,1-2H2,3-5H3. The van der Waals surface area contributed by atoms with Crippen molar-refractivity contribution in [3.05, 3.63) is 117 Å². The molecule has 0 spiro atoms. The second kappa shape index (κ2) is 7.50. The normalized spacial score (nSPS) is 13.0. The minimum Gasteiger partial charge on any atom is -0.0911 e. The van der Waals surface area contributed by atoms with Gasteiger partial charge in [-0.15, -0.1) is 0 Å². The summed E-state index contributed by atoms with van der Waals surface area (Å²) in [7, 11) is 0. The Bertz CT molecular complexity index is 1660. The van der Waals surface area contributed by atoms with Crippen LogP contribution in [0.1, 0.15) is 26.3 Å². The first-order chi connectivity index (χ1) is 15.3. The van der Waals surface area contributed by atoms with Gasteiger partial charge in [0.1, 0.15) is 0 Å². The van der Waals surface area contributed by atoms with Crippen LogP contribution in [0, 0.1) is 10.4 Å². The van der Waals surface area contributed by atoms with Gasteiger partial charge in [-0.05, 0) is 70.6 Å². The minimum absolute atomic E-state index is 0.131. The summed E-state index contributed by atoms with van der Waals surface area (Å²) in [4.78, 5) is 0. The van der Waals surface area contributed by atoms with Crippen molar-refractivity contribution in [2.24, 2.45) is 0 Å². The van der Waals surface area contributed by atoms with Gasteiger partial charge in [-0.2, -0.15) is 0 Å². The van der Waals surface area contributed by atoms with Gasteiger partial charge in [0.2, 0.25) is 0 Å². The van der Waals surface area contributed by atoms with Crippen LogP contribution >= 0.6 is 0 Å². The van der Waals surface area contributed by atoms with Crippen molar-refractivity contribution in [1.82, 2.24) is 0 Å². The van der Waals surface area contributed by atoms with Crippen LogP contribution in [0.5, 0.6) is 0 Å². The Hall–Kier alpha value is -3.64. The molecule has 0 saturated heterocycles. The summed E-state index contributed by atoms with van der Waals surface area (Å²) in [6.07, 6.45) is 0. The van der Waals surface area contributed by atoms with Gasteiger partial charge in [-0.25, -0.2) is 0 Å². The molecule has 0 unspecified atom stereocenters. The van der Waals surface area contributed by atoms with E-state index < -0.39 is 0 Å². The number of hydrogen-bond acceptors (Lipinski definition) is 0. The molecular weight excluding hydrogens is 384 g/mol. The van der Waals surface area contributed by atoms with Crippen LogP contribution in [0.15, 0.2) is 91.0 Å². The molecule has 0 amide bonds. The molecule has 0 saturated carbocycles. The van der Waals surface area contributed by atoms with Crippen molar-refractivity contribution in [3.8, 4) is 11.1 Å². The zero-order valence-corrected chi connectivity index (χ0v) is 19.1. The van der Waals surface area contributed by atoms with Crippen LogP contribution in [0.25, 0.3) is 45.8 Å². The summed E-state index contributed by atoms with van der Waals surface area (Å²) in [5.41, 5.74) is 3.83. The van der Waals surface area contributed by atoms with Gasteiger partial charge in [0.25, 0.3) is 0 Å². The van der Waals surface area contributed by atoms with E-state index in [0.29, 0.717) is 0 Å². The van der Waals surface area contributed by atoms with Crippen molar-refractivity contribution >= 4 is 34.7 Å². The Labute approximate surface area is 189 Å². The van der Waals surface area contributed by atoms with Gasteiger partial charge in [0, 0.05) is 0 Å². The molecule has 156 valence electrons. The van der Waals surface area contributed by atoms with Gasteiger partial charge in [0.15, 0.2) is 0 Å². The van der Waals surface area contributed by atoms with Crippen molar-refractivity contribution < 1.29 is 0 Å². The molecule has 32 heavy (non-hydrogen) atoms. The number of benzene rings is 5. The third kappa shape index (κ3) is 3.33. The number of rotatable bonds is 1. The lowest BCUT2D eigenvalue weighted by Gasteiger charge is -2.19. The maximum Gasteiger partial charge on any atom is -0.00205 e. The highest BCUT2D eigenvalue weighted by molar-refractivity contribution is 5.90. The molecule has 5 aromatic carbocycles. The Morgan fingerprint density at radius 1 is 0.594 bits per heavy atom. The van der Waals surface area contributed by atoms with Gasteiger partial charge in [-0.1, -0.05) is 119 Å². The SMILES string of the molecule is C=c1ccc2ccccc2c1=c1c(=C)c(-c2ccc(C(C)(C)C)cc2)cc2ccccc12. The zero-order valence-electron chi connectivity index (χ0n) is 19.1. The second-order valence-electron chi connectivity index (χ2n) is 9.65. The van der Waals surface area contributed by atoms with Crippen LogP contribution in [0.2, 0.25) is 0 Å². The van der Waals surface area contributed by atoms with Gasteiger partial charge >= 0.3 is 0 Å². The second-order valence-corrected chi connectivity index (χ2v) is 9.65. The highest BCUT2D eigenvalue weighted by Crippen LogP contribution is 2.27.